The van der Waals surface area contributed by atoms with Crippen LogP contribution in [-0.2, 0) is 4.74 Å². The normalized spacial score (nSPS) is 43.3. The fourth-order valence-electron chi connectivity index (χ4n) is 4.92. The Kier molecular flexibility index (Phi) is 2.95. The molecule has 2 heteroatoms. The molecule has 4 fully saturated rings. The van der Waals surface area contributed by atoms with Crippen molar-refractivity contribution < 1.29 is 4.74 Å². The molecule has 102 valence electrons. The summed E-state index contributed by atoms with van der Waals surface area (Å²) in [6, 6.07) is 0. The first-order valence-corrected chi connectivity index (χ1v) is 7.60. The Morgan fingerprint density at radius 1 is 0.944 bits per heavy atom. The molecule has 0 aromatic heterocycles. The van der Waals surface area contributed by atoms with Crippen LogP contribution < -0.4 is 0 Å². The van der Waals surface area contributed by atoms with Gasteiger partial charge in [0.2, 0.25) is 0 Å². The summed E-state index contributed by atoms with van der Waals surface area (Å²) in [5.74, 6) is 5.45. The zero-order valence-corrected chi connectivity index (χ0v) is 12.3. The van der Waals surface area contributed by atoms with Gasteiger partial charge >= 0.3 is 0 Å². The van der Waals surface area contributed by atoms with Crippen LogP contribution in [0.25, 0.3) is 0 Å². The maximum Gasteiger partial charge on any atom is 0.187 e. The zero-order valence-electron chi connectivity index (χ0n) is 12.3. The molecule has 0 unspecified atom stereocenters. The van der Waals surface area contributed by atoms with Crippen molar-refractivity contribution in [3.8, 4) is 0 Å². The topological polar surface area (TPSA) is 21.6 Å². The molecule has 0 aromatic rings. The number of hydrogen-bond donors (Lipinski definition) is 0. The van der Waals surface area contributed by atoms with Gasteiger partial charge in [-0.3, -0.25) is 0 Å². The van der Waals surface area contributed by atoms with Gasteiger partial charge in [0.15, 0.2) is 5.90 Å². The van der Waals surface area contributed by atoms with Crippen LogP contribution in [0.3, 0.4) is 0 Å². The molecule has 0 radical (unpaired) electrons. The summed E-state index contributed by atoms with van der Waals surface area (Å²) in [7, 11) is 1.82. The summed E-state index contributed by atoms with van der Waals surface area (Å²) in [6.07, 6.45) is 7.25. The number of rotatable bonds is 1. The van der Waals surface area contributed by atoms with Crippen molar-refractivity contribution in [3.63, 3.8) is 0 Å². The standard InChI is InChI=1S/C16H27NO/c1-16(2,3)17-15(18-4)14-12-6-10-5-11(8-12)9-13(14)7-10/h10-14H,5-9H2,1-4H3. The molecule has 0 saturated heterocycles. The van der Waals surface area contributed by atoms with Gasteiger partial charge in [0, 0.05) is 5.92 Å². The second-order valence-corrected chi connectivity index (χ2v) is 7.78. The molecular weight excluding hydrogens is 222 g/mol. The molecule has 0 heterocycles. The van der Waals surface area contributed by atoms with Crippen LogP contribution in [0.4, 0.5) is 0 Å². The highest BCUT2D eigenvalue weighted by molar-refractivity contribution is 5.80. The summed E-state index contributed by atoms with van der Waals surface area (Å²) < 4.78 is 5.70. The molecule has 4 rings (SSSR count). The van der Waals surface area contributed by atoms with E-state index < -0.39 is 0 Å². The van der Waals surface area contributed by atoms with Crippen LogP contribution in [0.2, 0.25) is 0 Å². The quantitative estimate of drug-likeness (QED) is 0.510. The predicted octanol–water partition coefficient (Wildman–Crippen LogP) is 3.90. The van der Waals surface area contributed by atoms with E-state index in [0.29, 0.717) is 5.92 Å². The van der Waals surface area contributed by atoms with Gasteiger partial charge in [-0.05, 0) is 76.5 Å². The van der Waals surface area contributed by atoms with Gasteiger partial charge in [0.05, 0.1) is 12.6 Å². The third-order valence-corrected chi connectivity index (χ3v) is 5.17. The Morgan fingerprint density at radius 2 is 1.44 bits per heavy atom. The highest BCUT2D eigenvalue weighted by atomic mass is 16.5. The lowest BCUT2D eigenvalue weighted by molar-refractivity contribution is -0.0158. The molecule has 0 N–H and O–H groups in total. The van der Waals surface area contributed by atoms with Crippen molar-refractivity contribution in [2.45, 2.75) is 58.4 Å². The van der Waals surface area contributed by atoms with Gasteiger partial charge < -0.3 is 4.74 Å². The predicted molar refractivity (Wildman–Crippen MR) is 74.7 cm³/mol. The first-order chi connectivity index (χ1) is 8.46. The summed E-state index contributed by atoms with van der Waals surface area (Å²) in [5, 5.41) is 0. The highest BCUT2D eigenvalue weighted by Crippen LogP contribution is 2.57. The Hall–Kier alpha value is -0.530. The number of nitrogens with zero attached hydrogens (tertiary/aromatic N) is 1. The summed E-state index contributed by atoms with van der Waals surface area (Å²) >= 11 is 0. The lowest BCUT2D eigenvalue weighted by Crippen LogP contribution is -2.48. The molecule has 0 aromatic carbocycles. The molecular formula is C16H27NO. The number of hydrogen-bond acceptors (Lipinski definition) is 2. The number of methoxy groups -OCH3 is 1. The second-order valence-electron chi connectivity index (χ2n) is 7.78. The molecule has 4 saturated carbocycles. The van der Waals surface area contributed by atoms with Gasteiger partial charge in [-0.25, -0.2) is 4.99 Å². The van der Waals surface area contributed by atoms with Crippen LogP contribution in [0.15, 0.2) is 4.99 Å². The van der Waals surface area contributed by atoms with Crippen LogP contribution in [0.1, 0.15) is 52.9 Å². The minimum Gasteiger partial charge on any atom is -0.484 e. The minimum absolute atomic E-state index is 0.0139. The average molecular weight is 249 g/mol. The van der Waals surface area contributed by atoms with Crippen LogP contribution in [-0.4, -0.2) is 18.5 Å². The first-order valence-electron chi connectivity index (χ1n) is 7.60. The first kappa shape index (κ1) is 12.5. The van der Waals surface area contributed by atoms with Crippen molar-refractivity contribution in [2.75, 3.05) is 7.11 Å². The fraction of sp³-hybridized carbons (Fsp3) is 0.938. The van der Waals surface area contributed by atoms with Gasteiger partial charge in [0.25, 0.3) is 0 Å². The second kappa shape index (κ2) is 4.25. The number of aliphatic imine (C=N–C) groups is 1. The lowest BCUT2D eigenvalue weighted by atomic mass is 9.52. The SMILES string of the molecule is COC(=NC(C)(C)C)C1C2CC3CC(C2)CC1C3. The van der Waals surface area contributed by atoms with E-state index in [0.717, 1.165) is 29.6 Å². The van der Waals surface area contributed by atoms with Gasteiger partial charge in [-0.1, -0.05) is 0 Å². The Balaban J connectivity index is 1.85. The molecule has 2 nitrogen and oxygen atoms in total. The van der Waals surface area contributed by atoms with Crippen molar-refractivity contribution >= 4 is 5.90 Å². The molecule has 0 aliphatic heterocycles. The van der Waals surface area contributed by atoms with Crippen molar-refractivity contribution in [1.82, 2.24) is 0 Å². The molecule has 4 aliphatic rings. The zero-order chi connectivity index (χ0) is 12.9. The Morgan fingerprint density at radius 3 is 1.83 bits per heavy atom. The molecule has 4 aliphatic carbocycles. The maximum absolute atomic E-state index is 5.70. The Labute approximate surface area is 111 Å². The Bertz CT molecular complexity index is 325. The van der Waals surface area contributed by atoms with E-state index in [9.17, 15) is 0 Å². The van der Waals surface area contributed by atoms with Gasteiger partial charge in [-0.2, -0.15) is 0 Å². The van der Waals surface area contributed by atoms with Crippen LogP contribution in [0.5, 0.6) is 0 Å². The van der Waals surface area contributed by atoms with Crippen molar-refractivity contribution in [2.24, 2.45) is 34.6 Å². The molecule has 0 amide bonds. The van der Waals surface area contributed by atoms with Crippen LogP contribution in [0, 0.1) is 29.6 Å². The summed E-state index contributed by atoms with van der Waals surface area (Å²) in [5.41, 5.74) is -0.0139. The molecule has 0 spiro atoms. The van der Waals surface area contributed by atoms with Gasteiger partial charge in [-0.15, -0.1) is 0 Å². The molecule has 0 atom stereocenters. The molecule has 18 heavy (non-hydrogen) atoms. The van der Waals surface area contributed by atoms with Crippen LogP contribution >= 0.6 is 0 Å². The average Bonchev–Trinajstić information content (AvgIpc) is 2.24. The third-order valence-electron chi connectivity index (χ3n) is 5.17. The van der Waals surface area contributed by atoms with E-state index in [2.05, 4.69) is 20.8 Å². The van der Waals surface area contributed by atoms with Crippen molar-refractivity contribution in [3.05, 3.63) is 0 Å². The highest BCUT2D eigenvalue weighted by Gasteiger charge is 2.50. The largest absolute Gasteiger partial charge is 0.484 e. The maximum atomic E-state index is 5.70. The van der Waals surface area contributed by atoms with E-state index in [-0.39, 0.29) is 5.54 Å². The summed E-state index contributed by atoms with van der Waals surface area (Å²) in [4.78, 5) is 4.87. The third kappa shape index (κ3) is 2.19. The number of ether oxygens (including phenoxy) is 1. The van der Waals surface area contributed by atoms with E-state index in [1.165, 1.54) is 32.1 Å². The lowest BCUT2D eigenvalue weighted by Gasteiger charge is -2.54. The molecule has 4 bridgehead atoms. The monoisotopic (exact) mass is 249 g/mol. The van der Waals surface area contributed by atoms with E-state index in [1.807, 2.05) is 7.11 Å². The van der Waals surface area contributed by atoms with Crippen molar-refractivity contribution in [1.29, 1.82) is 0 Å². The van der Waals surface area contributed by atoms with E-state index >= 15 is 0 Å². The smallest absolute Gasteiger partial charge is 0.187 e. The van der Waals surface area contributed by atoms with E-state index in [4.69, 9.17) is 9.73 Å². The van der Waals surface area contributed by atoms with Gasteiger partial charge in [0.1, 0.15) is 0 Å². The summed E-state index contributed by atoms with van der Waals surface area (Å²) in [6.45, 7) is 6.51. The fourth-order valence-corrected chi connectivity index (χ4v) is 4.92. The van der Waals surface area contributed by atoms with E-state index in [1.54, 1.807) is 0 Å². The minimum atomic E-state index is -0.0139.